The molecule has 28 heavy (non-hydrogen) atoms. The zero-order valence-corrected chi connectivity index (χ0v) is 15.8. The van der Waals surface area contributed by atoms with Crippen LogP contribution in [0.3, 0.4) is 0 Å². The molecule has 1 atom stereocenters. The molecular weight excluding hydrogens is 360 g/mol. The van der Waals surface area contributed by atoms with Gasteiger partial charge < -0.3 is 19.6 Å². The highest BCUT2D eigenvalue weighted by atomic mass is 16.5. The predicted molar refractivity (Wildman–Crippen MR) is 101 cm³/mol. The van der Waals surface area contributed by atoms with Gasteiger partial charge in [0.05, 0.1) is 12.7 Å². The molecule has 0 spiro atoms. The molecular formula is C20H24N4O4. The second-order valence-corrected chi connectivity index (χ2v) is 6.65. The molecule has 3 rings (SSSR count). The minimum Gasteiger partial charge on any atom is -0.360 e. The van der Waals surface area contributed by atoms with Gasteiger partial charge in [-0.25, -0.2) is 0 Å². The molecule has 8 heteroatoms. The van der Waals surface area contributed by atoms with E-state index in [1.54, 1.807) is 35.2 Å². The number of rotatable bonds is 8. The van der Waals surface area contributed by atoms with Crippen molar-refractivity contribution in [2.45, 2.75) is 32.4 Å². The van der Waals surface area contributed by atoms with E-state index in [2.05, 4.69) is 10.5 Å². The first-order chi connectivity index (χ1) is 13.6. The second-order valence-electron chi connectivity index (χ2n) is 6.65. The molecule has 2 heterocycles. The van der Waals surface area contributed by atoms with E-state index in [0.717, 1.165) is 12.8 Å². The molecule has 148 valence electrons. The van der Waals surface area contributed by atoms with Crippen LogP contribution >= 0.6 is 0 Å². The zero-order chi connectivity index (χ0) is 19.9. The Morgan fingerprint density at radius 2 is 1.96 bits per heavy atom. The van der Waals surface area contributed by atoms with Gasteiger partial charge in [0.1, 0.15) is 6.04 Å². The number of hydrogen-bond donors (Lipinski definition) is 1. The van der Waals surface area contributed by atoms with Gasteiger partial charge in [-0.05, 0) is 12.0 Å². The number of nitrogens with one attached hydrogen (secondary N) is 1. The summed E-state index contributed by atoms with van der Waals surface area (Å²) in [6.07, 6.45) is 3.28. The van der Waals surface area contributed by atoms with Gasteiger partial charge in [0.2, 0.25) is 5.91 Å². The minimum atomic E-state index is -0.881. The van der Waals surface area contributed by atoms with Crippen molar-refractivity contribution in [2.75, 3.05) is 19.6 Å². The maximum absolute atomic E-state index is 13.0. The van der Waals surface area contributed by atoms with Crippen LogP contribution in [0.4, 0.5) is 0 Å². The number of benzene rings is 1. The average molecular weight is 384 g/mol. The van der Waals surface area contributed by atoms with E-state index in [1.165, 1.54) is 11.1 Å². The lowest BCUT2D eigenvalue weighted by Gasteiger charge is -2.38. The van der Waals surface area contributed by atoms with Gasteiger partial charge in [-0.1, -0.05) is 48.8 Å². The molecule has 0 bridgehead atoms. The summed E-state index contributed by atoms with van der Waals surface area (Å²) in [6, 6.07) is 9.77. The number of carbonyl (C=O) groups excluding carboxylic acids is 3. The first kappa shape index (κ1) is 19.6. The monoisotopic (exact) mass is 384 g/mol. The van der Waals surface area contributed by atoms with Crippen molar-refractivity contribution in [1.82, 2.24) is 20.3 Å². The summed E-state index contributed by atoms with van der Waals surface area (Å²) in [4.78, 5) is 41.2. The fraction of sp³-hybridized carbons (Fsp3) is 0.400. The summed E-state index contributed by atoms with van der Waals surface area (Å²) >= 11 is 0. The summed E-state index contributed by atoms with van der Waals surface area (Å²) in [5.41, 5.74) is 0.653. The minimum absolute atomic E-state index is 0.154. The largest absolute Gasteiger partial charge is 0.360 e. The number of hydrogen-bond acceptors (Lipinski definition) is 5. The van der Waals surface area contributed by atoms with E-state index < -0.39 is 17.9 Å². The molecule has 1 saturated heterocycles. The SMILES string of the molecule is CCCCN1CCN(C(C(=O)NCc2ccno2)c2ccccc2)C(=O)C1=O. The molecule has 1 unspecified atom stereocenters. The van der Waals surface area contributed by atoms with Crippen molar-refractivity contribution in [3.63, 3.8) is 0 Å². The van der Waals surface area contributed by atoms with Gasteiger partial charge in [0.25, 0.3) is 0 Å². The average Bonchev–Trinajstić information content (AvgIpc) is 3.24. The van der Waals surface area contributed by atoms with Crippen LogP contribution in [0.5, 0.6) is 0 Å². The summed E-state index contributed by atoms with van der Waals surface area (Å²) in [6.45, 7) is 3.48. The quantitative estimate of drug-likeness (QED) is 0.696. The number of aromatic nitrogens is 1. The molecule has 1 aliphatic heterocycles. The Morgan fingerprint density at radius 1 is 1.18 bits per heavy atom. The van der Waals surface area contributed by atoms with Crippen LogP contribution in [-0.4, -0.2) is 52.3 Å². The molecule has 8 nitrogen and oxygen atoms in total. The Hall–Kier alpha value is -3.16. The Kier molecular flexibility index (Phi) is 6.41. The molecule has 1 fully saturated rings. The molecule has 2 aromatic rings. The van der Waals surface area contributed by atoms with Gasteiger partial charge in [0.15, 0.2) is 5.76 Å². The van der Waals surface area contributed by atoms with E-state index in [-0.39, 0.29) is 12.5 Å². The molecule has 1 aliphatic rings. The van der Waals surface area contributed by atoms with Crippen molar-refractivity contribution in [1.29, 1.82) is 0 Å². The van der Waals surface area contributed by atoms with E-state index in [4.69, 9.17) is 4.52 Å². The standard InChI is InChI=1S/C20H24N4O4/c1-2-3-11-23-12-13-24(20(27)19(23)26)17(15-7-5-4-6-8-15)18(25)21-14-16-9-10-22-28-16/h4-10,17H,2-3,11-14H2,1H3,(H,21,25). The van der Waals surface area contributed by atoms with Crippen molar-refractivity contribution >= 4 is 17.7 Å². The second kappa shape index (κ2) is 9.16. The fourth-order valence-corrected chi connectivity index (χ4v) is 3.21. The number of carbonyl (C=O) groups is 3. The van der Waals surface area contributed by atoms with Gasteiger partial charge in [-0.15, -0.1) is 0 Å². The third-order valence-corrected chi connectivity index (χ3v) is 4.73. The normalized spacial score (nSPS) is 15.6. The van der Waals surface area contributed by atoms with E-state index in [0.29, 0.717) is 31.0 Å². The number of amides is 3. The Bertz CT molecular complexity index is 807. The van der Waals surface area contributed by atoms with Crippen LogP contribution in [0, 0.1) is 0 Å². The Balaban J connectivity index is 1.78. The maximum Gasteiger partial charge on any atom is 0.313 e. The van der Waals surface area contributed by atoms with Crippen LogP contribution < -0.4 is 5.32 Å². The summed E-state index contributed by atoms with van der Waals surface area (Å²) in [5.74, 6) is -1.06. The number of unbranched alkanes of at least 4 members (excludes halogenated alkanes) is 1. The highest BCUT2D eigenvalue weighted by molar-refractivity contribution is 6.35. The Morgan fingerprint density at radius 3 is 2.64 bits per heavy atom. The van der Waals surface area contributed by atoms with Crippen LogP contribution in [0.1, 0.15) is 37.1 Å². The fourth-order valence-electron chi connectivity index (χ4n) is 3.21. The van der Waals surface area contributed by atoms with Crippen molar-refractivity contribution < 1.29 is 18.9 Å². The maximum atomic E-state index is 13.0. The highest BCUT2D eigenvalue weighted by Crippen LogP contribution is 2.24. The van der Waals surface area contributed by atoms with Gasteiger partial charge in [-0.2, -0.15) is 0 Å². The van der Waals surface area contributed by atoms with Crippen LogP contribution in [0.2, 0.25) is 0 Å². The number of piperazine rings is 1. The van der Waals surface area contributed by atoms with Crippen LogP contribution in [-0.2, 0) is 20.9 Å². The van der Waals surface area contributed by atoms with Crippen molar-refractivity contribution in [2.24, 2.45) is 0 Å². The highest BCUT2D eigenvalue weighted by Gasteiger charge is 2.39. The lowest BCUT2D eigenvalue weighted by atomic mass is 10.0. The smallest absolute Gasteiger partial charge is 0.313 e. The summed E-state index contributed by atoms with van der Waals surface area (Å²) in [5, 5.41) is 6.38. The number of nitrogens with zero attached hydrogens (tertiary/aromatic N) is 3. The van der Waals surface area contributed by atoms with Crippen LogP contribution in [0.15, 0.2) is 47.1 Å². The lowest BCUT2D eigenvalue weighted by molar-refractivity contribution is -0.159. The molecule has 1 N–H and O–H groups in total. The molecule has 1 aromatic carbocycles. The Labute approximate surface area is 163 Å². The van der Waals surface area contributed by atoms with E-state index >= 15 is 0 Å². The molecule has 0 radical (unpaired) electrons. The lowest BCUT2D eigenvalue weighted by Crippen LogP contribution is -2.57. The molecule has 0 saturated carbocycles. The first-order valence-corrected chi connectivity index (χ1v) is 9.44. The zero-order valence-electron chi connectivity index (χ0n) is 15.8. The summed E-state index contributed by atoms with van der Waals surface area (Å²) < 4.78 is 5.00. The van der Waals surface area contributed by atoms with Gasteiger partial charge in [-0.3, -0.25) is 14.4 Å². The third-order valence-electron chi connectivity index (χ3n) is 4.73. The van der Waals surface area contributed by atoms with Gasteiger partial charge in [0, 0.05) is 25.7 Å². The molecule has 0 aliphatic carbocycles. The van der Waals surface area contributed by atoms with Crippen molar-refractivity contribution in [3.05, 3.63) is 53.9 Å². The third kappa shape index (κ3) is 4.39. The topological polar surface area (TPSA) is 95.8 Å². The van der Waals surface area contributed by atoms with E-state index in [9.17, 15) is 14.4 Å². The summed E-state index contributed by atoms with van der Waals surface area (Å²) in [7, 11) is 0. The molecule has 3 amide bonds. The van der Waals surface area contributed by atoms with Crippen molar-refractivity contribution in [3.8, 4) is 0 Å². The predicted octanol–water partition coefficient (Wildman–Crippen LogP) is 1.50. The van der Waals surface area contributed by atoms with E-state index in [1.807, 2.05) is 13.0 Å². The molecule has 1 aromatic heterocycles. The van der Waals surface area contributed by atoms with Crippen LogP contribution in [0.25, 0.3) is 0 Å². The first-order valence-electron chi connectivity index (χ1n) is 9.44. The van der Waals surface area contributed by atoms with Gasteiger partial charge >= 0.3 is 11.8 Å².